The van der Waals surface area contributed by atoms with E-state index in [4.69, 9.17) is 39.5 Å². The molecular weight excluding hydrogens is 287 g/mol. The molecule has 0 aliphatic carbocycles. The van der Waals surface area contributed by atoms with Crippen molar-refractivity contribution in [2.75, 3.05) is 0 Å². The first-order chi connectivity index (χ1) is 6.54. The van der Waals surface area contributed by atoms with Crippen LogP contribution >= 0.6 is 34.8 Å². The van der Waals surface area contributed by atoms with Crippen LogP contribution in [0.4, 0.5) is 0 Å². The van der Waals surface area contributed by atoms with Crippen LogP contribution in [0.2, 0.25) is 15.2 Å². The summed E-state index contributed by atoms with van der Waals surface area (Å²) < 4.78 is 5.02. The van der Waals surface area contributed by atoms with E-state index in [0.717, 1.165) is 0 Å². The first-order valence-electron chi connectivity index (χ1n) is 3.60. The summed E-state index contributed by atoms with van der Waals surface area (Å²) in [6.45, 7) is 1.51. The standard InChI is InChI=1S/C8H5Cl3NO2.Na.H2O/c1-4(3-13)14-8-6(10)2-5(9)7(11)12-8;;/h2,4H,1H3;;1H2/q-1;+1;/p-1. The van der Waals surface area contributed by atoms with E-state index in [-0.39, 0.29) is 56.1 Å². The van der Waals surface area contributed by atoms with Crippen molar-refractivity contribution in [3.8, 4) is 5.88 Å². The van der Waals surface area contributed by atoms with Crippen molar-refractivity contribution in [2.45, 2.75) is 13.0 Å². The van der Waals surface area contributed by atoms with Crippen LogP contribution in [0.3, 0.4) is 0 Å². The number of nitrogens with zero attached hydrogens (tertiary/aromatic N) is 1. The van der Waals surface area contributed by atoms with Gasteiger partial charge in [-0.15, -0.1) is 0 Å². The van der Waals surface area contributed by atoms with E-state index in [1.165, 1.54) is 13.0 Å². The second kappa shape index (κ2) is 8.53. The molecule has 1 atom stereocenters. The molecule has 0 aliphatic heterocycles. The molecule has 1 rings (SSSR count). The van der Waals surface area contributed by atoms with Crippen molar-refractivity contribution in [3.05, 3.63) is 21.3 Å². The van der Waals surface area contributed by atoms with Gasteiger partial charge in [0.05, 0.1) is 5.02 Å². The molecule has 0 aliphatic rings. The molecule has 1 aromatic heterocycles. The number of carbonyl (C=O) groups excluding carboxylic acids is 1. The van der Waals surface area contributed by atoms with Crippen LogP contribution in [0.1, 0.15) is 6.92 Å². The maximum absolute atomic E-state index is 10.2. The van der Waals surface area contributed by atoms with Gasteiger partial charge >= 0.3 is 29.6 Å². The quantitative estimate of drug-likeness (QED) is 0.438. The van der Waals surface area contributed by atoms with E-state index in [1.54, 1.807) is 6.29 Å². The molecule has 1 unspecified atom stereocenters. The van der Waals surface area contributed by atoms with Gasteiger partial charge in [-0.2, -0.15) is 4.98 Å². The molecule has 0 saturated heterocycles. The van der Waals surface area contributed by atoms with Crippen molar-refractivity contribution < 1.29 is 44.6 Å². The molecule has 16 heavy (non-hydrogen) atoms. The number of halogens is 3. The molecule has 1 aromatic rings. The fraction of sp³-hybridized carbons (Fsp3) is 0.250. The average molecular weight is 293 g/mol. The number of hydrogen-bond acceptors (Lipinski definition) is 4. The van der Waals surface area contributed by atoms with Crippen LogP contribution in [0.15, 0.2) is 6.07 Å². The van der Waals surface area contributed by atoms with E-state index in [9.17, 15) is 4.79 Å². The van der Waals surface area contributed by atoms with Gasteiger partial charge in [-0.25, -0.2) is 6.29 Å². The van der Waals surface area contributed by atoms with Gasteiger partial charge in [-0.3, -0.25) is 0 Å². The van der Waals surface area contributed by atoms with Gasteiger partial charge in [0.1, 0.15) is 5.02 Å². The molecule has 0 bridgehead atoms. The molecule has 0 saturated carbocycles. The SMILES string of the molecule is CC([C-]=O)Oc1nc(Cl)c(Cl)cc1Cl.[Na+].[OH-]. The third kappa shape index (κ3) is 5.19. The summed E-state index contributed by atoms with van der Waals surface area (Å²) in [6.07, 6.45) is 0.875. The summed E-state index contributed by atoms with van der Waals surface area (Å²) in [4.78, 5) is 14.0. The zero-order valence-corrected chi connectivity index (χ0v) is 12.8. The van der Waals surface area contributed by atoms with Gasteiger partial charge in [-0.05, 0) is 6.07 Å². The van der Waals surface area contributed by atoms with E-state index in [0.29, 0.717) is 0 Å². The van der Waals surface area contributed by atoms with Gasteiger partial charge in [0.15, 0.2) is 5.15 Å². The van der Waals surface area contributed by atoms with E-state index in [1.807, 2.05) is 0 Å². The Kier molecular flexibility index (Phi) is 10.0. The van der Waals surface area contributed by atoms with Gasteiger partial charge in [0.2, 0.25) is 5.88 Å². The predicted molar refractivity (Wildman–Crippen MR) is 57.0 cm³/mol. The van der Waals surface area contributed by atoms with E-state index >= 15 is 0 Å². The molecule has 84 valence electrons. The monoisotopic (exact) mass is 292 g/mol. The number of rotatable bonds is 3. The van der Waals surface area contributed by atoms with Crippen LogP contribution in [-0.2, 0) is 4.79 Å². The molecule has 4 nitrogen and oxygen atoms in total. The third-order valence-electron chi connectivity index (χ3n) is 1.31. The molecule has 0 amide bonds. The van der Waals surface area contributed by atoms with Gasteiger partial charge in [0.25, 0.3) is 0 Å². The predicted octanol–water partition coefficient (Wildman–Crippen LogP) is -0.254. The Bertz CT molecular complexity index is 365. The fourth-order valence-electron chi connectivity index (χ4n) is 0.703. The zero-order chi connectivity index (χ0) is 10.7. The maximum atomic E-state index is 10.2. The maximum Gasteiger partial charge on any atom is 1.00 e. The summed E-state index contributed by atoms with van der Waals surface area (Å²) in [5.74, 6) is 0.0666. The minimum atomic E-state index is -0.753. The largest absolute Gasteiger partial charge is 1.00 e. The Morgan fingerprint density at radius 1 is 1.38 bits per heavy atom. The molecule has 1 N–H and O–H groups in total. The van der Waals surface area contributed by atoms with Gasteiger partial charge < -0.3 is 15.0 Å². The van der Waals surface area contributed by atoms with Crippen LogP contribution in [0.25, 0.3) is 0 Å². The molecular formula is C8H6Cl3NNaO3-. The fourth-order valence-corrected chi connectivity index (χ4v) is 1.24. The van der Waals surface area contributed by atoms with Crippen molar-refractivity contribution in [2.24, 2.45) is 0 Å². The second-order valence-corrected chi connectivity index (χ2v) is 3.60. The van der Waals surface area contributed by atoms with Crippen LogP contribution in [0.5, 0.6) is 5.88 Å². The molecule has 0 spiro atoms. The first-order valence-corrected chi connectivity index (χ1v) is 4.74. The van der Waals surface area contributed by atoms with Crippen molar-refractivity contribution >= 4 is 41.1 Å². The van der Waals surface area contributed by atoms with Crippen molar-refractivity contribution in [3.63, 3.8) is 0 Å². The van der Waals surface area contributed by atoms with Crippen LogP contribution in [0, 0.1) is 0 Å². The summed E-state index contributed by atoms with van der Waals surface area (Å²) >= 11 is 17.0. The zero-order valence-electron chi connectivity index (χ0n) is 8.50. The number of pyridine rings is 1. The Balaban J connectivity index is 0. The summed E-state index contributed by atoms with van der Waals surface area (Å²) in [5.41, 5.74) is 0. The van der Waals surface area contributed by atoms with Crippen LogP contribution < -0.4 is 34.3 Å². The Labute approximate surface area is 130 Å². The second-order valence-electron chi connectivity index (χ2n) is 2.43. The number of hydrogen-bond donors (Lipinski definition) is 0. The topological polar surface area (TPSA) is 69.2 Å². The Morgan fingerprint density at radius 2 is 1.94 bits per heavy atom. The van der Waals surface area contributed by atoms with Crippen molar-refractivity contribution in [1.29, 1.82) is 0 Å². The summed E-state index contributed by atoms with van der Waals surface area (Å²) in [5, 5.41) is 0.498. The molecule has 1 heterocycles. The number of aromatic nitrogens is 1. The summed E-state index contributed by atoms with van der Waals surface area (Å²) in [7, 11) is 0. The third-order valence-corrected chi connectivity index (χ3v) is 2.25. The van der Waals surface area contributed by atoms with Crippen LogP contribution in [-0.4, -0.2) is 22.9 Å². The Morgan fingerprint density at radius 3 is 2.44 bits per heavy atom. The minimum absolute atomic E-state index is 0. The first kappa shape index (κ1) is 18.8. The summed E-state index contributed by atoms with van der Waals surface area (Å²) in [6, 6.07) is 1.39. The number of ether oxygens (including phenoxy) is 1. The normalized spacial score (nSPS) is 10.8. The molecule has 0 fully saturated rings. The van der Waals surface area contributed by atoms with Gasteiger partial charge in [0, 0.05) is 6.10 Å². The average Bonchev–Trinajstić information content (AvgIpc) is 2.14. The molecule has 0 radical (unpaired) electrons. The smallest absolute Gasteiger partial charge is 0.870 e. The minimum Gasteiger partial charge on any atom is -0.870 e. The Hall–Kier alpha value is 0.450. The van der Waals surface area contributed by atoms with E-state index in [2.05, 4.69) is 4.98 Å². The van der Waals surface area contributed by atoms with E-state index < -0.39 is 6.10 Å². The van der Waals surface area contributed by atoms with Gasteiger partial charge in [-0.1, -0.05) is 41.7 Å². The molecule has 8 heteroatoms. The molecule has 0 aromatic carbocycles. The van der Waals surface area contributed by atoms with Crippen molar-refractivity contribution in [1.82, 2.24) is 4.98 Å².